The Labute approximate surface area is 130 Å². The summed E-state index contributed by atoms with van der Waals surface area (Å²) in [4.78, 5) is 0. The third kappa shape index (κ3) is 4.47. The standard InChI is InChI=1S/C19H31NO/c1-5-7-12-17(9-6-2)20-14-16-11-8-10-15-13-19(3,4)21-18(15)16/h8,10-11,17,20H,5-7,9,12-14H2,1-4H3. The van der Waals surface area contributed by atoms with Gasteiger partial charge in [-0.2, -0.15) is 0 Å². The van der Waals surface area contributed by atoms with Gasteiger partial charge in [0.25, 0.3) is 0 Å². The largest absolute Gasteiger partial charge is 0.487 e. The van der Waals surface area contributed by atoms with Crippen molar-refractivity contribution in [3.63, 3.8) is 0 Å². The molecule has 0 fully saturated rings. The lowest BCUT2D eigenvalue weighted by atomic mass is 10.00. The summed E-state index contributed by atoms with van der Waals surface area (Å²) in [5, 5.41) is 3.75. The number of ether oxygens (including phenoxy) is 1. The maximum absolute atomic E-state index is 6.16. The molecule has 1 aromatic carbocycles. The minimum atomic E-state index is -0.0521. The van der Waals surface area contributed by atoms with Crippen molar-refractivity contribution in [2.24, 2.45) is 0 Å². The van der Waals surface area contributed by atoms with Crippen molar-refractivity contribution in [2.75, 3.05) is 0 Å². The van der Waals surface area contributed by atoms with Gasteiger partial charge >= 0.3 is 0 Å². The van der Waals surface area contributed by atoms with E-state index >= 15 is 0 Å². The Morgan fingerprint density at radius 1 is 1.19 bits per heavy atom. The predicted molar refractivity (Wildman–Crippen MR) is 89.9 cm³/mol. The first-order valence-corrected chi connectivity index (χ1v) is 8.59. The van der Waals surface area contributed by atoms with Crippen molar-refractivity contribution in [1.82, 2.24) is 5.32 Å². The molecule has 1 aliphatic heterocycles. The van der Waals surface area contributed by atoms with Crippen LogP contribution in [0.2, 0.25) is 0 Å². The van der Waals surface area contributed by atoms with Crippen LogP contribution in [0.5, 0.6) is 5.75 Å². The molecular formula is C19H31NO. The van der Waals surface area contributed by atoms with Gasteiger partial charge in [-0.25, -0.2) is 0 Å². The summed E-state index contributed by atoms with van der Waals surface area (Å²) in [6.45, 7) is 9.81. The molecule has 1 aromatic rings. The van der Waals surface area contributed by atoms with Crippen molar-refractivity contribution >= 4 is 0 Å². The third-order valence-corrected chi connectivity index (χ3v) is 4.30. The van der Waals surface area contributed by atoms with Gasteiger partial charge in [0.2, 0.25) is 0 Å². The molecule has 0 aliphatic carbocycles. The van der Waals surface area contributed by atoms with Gasteiger partial charge in [-0.3, -0.25) is 0 Å². The monoisotopic (exact) mass is 289 g/mol. The van der Waals surface area contributed by atoms with Gasteiger partial charge in [0.15, 0.2) is 0 Å². The molecule has 0 amide bonds. The highest BCUT2D eigenvalue weighted by atomic mass is 16.5. The summed E-state index contributed by atoms with van der Waals surface area (Å²) >= 11 is 0. The molecule has 0 saturated heterocycles. The summed E-state index contributed by atoms with van der Waals surface area (Å²) in [5.41, 5.74) is 2.62. The van der Waals surface area contributed by atoms with Crippen LogP contribution in [0.1, 0.15) is 70.9 Å². The van der Waals surface area contributed by atoms with Gasteiger partial charge in [-0.1, -0.05) is 51.3 Å². The van der Waals surface area contributed by atoms with Gasteiger partial charge in [0.1, 0.15) is 11.4 Å². The Hall–Kier alpha value is -1.02. The van der Waals surface area contributed by atoms with Crippen molar-refractivity contribution in [2.45, 2.75) is 84.4 Å². The summed E-state index contributed by atoms with van der Waals surface area (Å²) in [6, 6.07) is 7.21. The highest BCUT2D eigenvalue weighted by Crippen LogP contribution is 2.37. The third-order valence-electron chi connectivity index (χ3n) is 4.30. The Morgan fingerprint density at radius 3 is 2.71 bits per heavy atom. The molecule has 2 nitrogen and oxygen atoms in total. The lowest BCUT2D eigenvalue weighted by Gasteiger charge is -2.20. The molecule has 1 atom stereocenters. The summed E-state index contributed by atoms with van der Waals surface area (Å²) in [6.07, 6.45) is 7.41. The highest BCUT2D eigenvalue weighted by molar-refractivity contribution is 5.45. The Kier molecular flexibility index (Phi) is 5.69. The molecule has 1 aliphatic rings. The average Bonchev–Trinajstić information content (AvgIpc) is 2.76. The smallest absolute Gasteiger partial charge is 0.127 e. The second kappa shape index (κ2) is 7.31. The zero-order chi connectivity index (χ0) is 15.3. The molecule has 0 spiro atoms. The molecule has 21 heavy (non-hydrogen) atoms. The van der Waals surface area contributed by atoms with Gasteiger partial charge in [-0.15, -0.1) is 0 Å². The van der Waals surface area contributed by atoms with E-state index in [2.05, 4.69) is 51.2 Å². The van der Waals surface area contributed by atoms with Crippen LogP contribution in [0.15, 0.2) is 18.2 Å². The van der Waals surface area contributed by atoms with Crippen LogP contribution in [0.4, 0.5) is 0 Å². The minimum Gasteiger partial charge on any atom is -0.487 e. The first-order chi connectivity index (χ1) is 10.1. The molecule has 1 unspecified atom stereocenters. The number of fused-ring (bicyclic) bond motifs is 1. The molecule has 2 rings (SSSR count). The van der Waals surface area contributed by atoms with Crippen LogP contribution in [0, 0.1) is 0 Å². The fourth-order valence-electron chi connectivity index (χ4n) is 3.22. The van der Waals surface area contributed by atoms with Crippen molar-refractivity contribution < 1.29 is 4.74 Å². The number of hydrogen-bond donors (Lipinski definition) is 1. The SMILES string of the molecule is CCCCC(CCC)NCc1cccc2c1OC(C)(C)C2. The lowest BCUT2D eigenvalue weighted by Crippen LogP contribution is -2.29. The molecule has 1 heterocycles. The molecule has 2 heteroatoms. The summed E-state index contributed by atoms with van der Waals surface area (Å²) in [5.74, 6) is 1.13. The summed E-state index contributed by atoms with van der Waals surface area (Å²) < 4.78 is 6.16. The van der Waals surface area contributed by atoms with Crippen molar-refractivity contribution in [1.29, 1.82) is 0 Å². The molecule has 0 radical (unpaired) electrons. The number of rotatable bonds is 8. The van der Waals surface area contributed by atoms with E-state index in [0.717, 1.165) is 18.7 Å². The fourth-order valence-corrected chi connectivity index (χ4v) is 3.22. The summed E-state index contributed by atoms with van der Waals surface area (Å²) in [7, 11) is 0. The Bertz CT molecular complexity index is 453. The molecule has 0 aromatic heterocycles. The van der Waals surface area contributed by atoms with E-state index in [1.807, 2.05) is 0 Å². The van der Waals surface area contributed by atoms with Gasteiger partial charge in [0, 0.05) is 24.6 Å². The highest BCUT2D eigenvalue weighted by Gasteiger charge is 2.31. The molecular weight excluding hydrogens is 258 g/mol. The quantitative estimate of drug-likeness (QED) is 0.738. The Morgan fingerprint density at radius 2 is 2.00 bits per heavy atom. The molecule has 0 bridgehead atoms. The van der Waals surface area contributed by atoms with Crippen LogP contribution < -0.4 is 10.1 Å². The first kappa shape index (κ1) is 16.4. The first-order valence-electron chi connectivity index (χ1n) is 8.59. The van der Waals surface area contributed by atoms with E-state index in [0.29, 0.717) is 6.04 Å². The van der Waals surface area contributed by atoms with E-state index < -0.39 is 0 Å². The number of hydrogen-bond acceptors (Lipinski definition) is 2. The second-order valence-corrected chi connectivity index (χ2v) is 6.95. The van der Waals surface area contributed by atoms with Crippen LogP contribution >= 0.6 is 0 Å². The molecule has 0 saturated carbocycles. The van der Waals surface area contributed by atoms with E-state index in [1.165, 1.54) is 43.2 Å². The van der Waals surface area contributed by atoms with Crippen LogP contribution in [-0.4, -0.2) is 11.6 Å². The molecule has 1 N–H and O–H groups in total. The minimum absolute atomic E-state index is 0.0521. The number of para-hydroxylation sites is 1. The number of benzene rings is 1. The zero-order valence-electron chi connectivity index (χ0n) is 14.2. The number of nitrogens with one attached hydrogen (secondary N) is 1. The average molecular weight is 289 g/mol. The predicted octanol–water partition coefficient (Wildman–Crippen LogP) is 4.85. The van der Waals surface area contributed by atoms with Gasteiger partial charge < -0.3 is 10.1 Å². The second-order valence-electron chi connectivity index (χ2n) is 6.95. The topological polar surface area (TPSA) is 21.3 Å². The van der Waals surface area contributed by atoms with Crippen LogP contribution in [0.3, 0.4) is 0 Å². The van der Waals surface area contributed by atoms with E-state index in [1.54, 1.807) is 0 Å². The molecule has 118 valence electrons. The van der Waals surface area contributed by atoms with Gasteiger partial charge in [0.05, 0.1) is 0 Å². The number of unbranched alkanes of at least 4 members (excludes halogenated alkanes) is 1. The van der Waals surface area contributed by atoms with Gasteiger partial charge in [-0.05, 0) is 32.3 Å². The van der Waals surface area contributed by atoms with Crippen LogP contribution in [0.25, 0.3) is 0 Å². The normalized spacial score (nSPS) is 17.3. The van der Waals surface area contributed by atoms with Crippen LogP contribution in [-0.2, 0) is 13.0 Å². The van der Waals surface area contributed by atoms with E-state index in [-0.39, 0.29) is 5.60 Å². The Balaban J connectivity index is 1.99. The maximum atomic E-state index is 6.16. The fraction of sp³-hybridized carbons (Fsp3) is 0.684. The lowest BCUT2D eigenvalue weighted by molar-refractivity contribution is 0.137. The zero-order valence-corrected chi connectivity index (χ0v) is 14.2. The van der Waals surface area contributed by atoms with Crippen molar-refractivity contribution in [3.8, 4) is 5.75 Å². The van der Waals surface area contributed by atoms with Crippen molar-refractivity contribution in [3.05, 3.63) is 29.3 Å². The maximum Gasteiger partial charge on any atom is 0.127 e. The van der Waals surface area contributed by atoms with E-state index in [9.17, 15) is 0 Å². The van der Waals surface area contributed by atoms with E-state index in [4.69, 9.17) is 4.74 Å².